The Kier molecular flexibility index (Phi) is 3.63. The van der Waals surface area contributed by atoms with E-state index in [4.69, 9.17) is 14.2 Å². The van der Waals surface area contributed by atoms with Crippen molar-refractivity contribution in [1.82, 2.24) is 0 Å². The maximum absolute atomic E-state index is 12.0. The molecule has 5 nitrogen and oxygen atoms in total. The van der Waals surface area contributed by atoms with Crippen LogP contribution in [0, 0.1) is 5.92 Å². The summed E-state index contributed by atoms with van der Waals surface area (Å²) in [6.45, 7) is 9.30. The third kappa shape index (κ3) is 2.58. The Labute approximate surface area is 130 Å². The van der Waals surface area contributed by atoms with Crippen molar-refractivity contribution in [1.29, 1.82) is 0 Å². The van der Waals surface area contributed by atoms with Gasteiger partial charge in [0.15, 0.2) is 0 Å². The van der Waals surface area contributed by atoms with Gasteiger partial charge in [0.25, 0.3) is 0 Å². The first-order chi connectivity index (χ1) is 10.3. The molecule has 0 amide bonds. The summed E-state index contributed by atoms with van der Waals surface area (Å²) in [5.74, 6) is -1.12. The SMILES string of the molecule is C=C1C(=O)O[C@H]2[C@H]1[C@H](OC(C)=O)C/C(C)=C\CC[C@@]1(C)O[C@@H]21. The third-order valence-electron chi connectivity index (χ3n) is 4.88. The highest BCUT2D eigenvalue weighted by Crippen LogP contribution is 2.50. The fourth-order valence-electron chi connectivity index (χ4n) is 3.63. The van der Waals surface area contributed by atoms with Crippen molar-refractivity contribution in [3.8, 4) is 0 Å². The molecule has 0 N–H and O–H groups in total. The number of fused-ring (bicyclic) bond motifs is 3. The minimum absolute atomic E-state index is 0.148. The standard InChI is InChI=1S/C17H22O5/c1-9-6-5-7-17(4)15(22-17)14-13(10(2)16(19)21-14)12(8-9)20-11(3)18/h6,12-15H,2,5,7-8H2,1,3-4H3/b9-6-/t12-,13-,14+,15+,17-/m1/s1. The highest BCUT2D eigenvalue weighted by molar-refractivity contribution is 5.91. The predicted octanol–water partition coefficient (Wildman–Crippen LogP) is 2.30. The van der Waals surface area contributed by atoms with Crippen LogP contribution in [0.1, 0.15) is 40.0 Å². The second kappa shape index (κ2) is 5.23. The first kappa shape index (κ1) is 15.3. The van der Waals surface area contributed by atoms with Crippen LogP contribution in [0.5, 0.6) is 0 Å². The Bertz CT molecular complexity index is 563. The van der Waals surface area contributed by atoms with Crippen molar-refractivity contribution in [2.24, 2.45) is 5.92 Å². The van der Waals surface area contributed by atoms with E-state index in [2.05, 4.69) is 12.7 Å². The van der Waals surface area contributed by atoms with Gasteiger partial charge in [-0.2, -0.15) is 0 Å². The maximum atomic E-state index is 12.0. The predicted molar refractivity (Wildman–Crippen MR) is 79.0 cm³/mol. The fraction of sp³-hybridized carbons (Fsp3) is 0.647. The van der Waals surface area contributed by atoms with Gasteiger partial charge < -0.3 is 14.2 Å². The lowest BCUT2D eigenvalue weighted by molar-refractivity contribution is -0.150. The van der Waals surface area contributed by atoms with Crippen molar-refractivity contribution in [2.75, 3.05) is 0 Å². The van der Waals surface area contributed by atoms with E-state index in [0.717, 1.165) is 18.4 Å². The summed E-state index contributed by atoms with van der Waals surface area (Å²) in [4.78, 5) is 23.5. The second-order valence-electron chi connectivity index (χ2n) is 6.71. The van der Waals surface area contributed by atoms with Crippen molar-refractivity contribution >= 4 is 11.9 Å². The van der Waals surface area contributed by atoms with Crippen LogP contribution in [0.25, 0.3) is 0 Å². The number of carbonyl (C=O) groups excluding carboxylic acids is 2. The fourth-order valence-corrected chi connectivity index (χ4v) is 3.63. The summed E-state index contributed by atoms with van der Waals surface area (Å²) in [7, 11) is 0. The first-order valence-corrected chi connectivity index (χ1v) is 7.72. The highest BCUT2D eigenvalue weighted by Gasteiger charge is 2.63. The molecule has 22 heavy (non-hydrogen) atoms. The summed E-state index contributed by atoms with van der Waals surface area (Å²) in [6.07, 6.45) is 3.52. The number of esters is 2. The van der Waals surface area contributed by atoms with Gasteiger partial charge in [0.05, 0.1) is 11.5 Å². The van der Waals surface area contributed by atoms with Gasteiger partial charge in [-0.3, -0.25) is 4.79 Å². The number of carbonyl (C=O) groups is 2. The van der Waals surface area contributed by atoms with Crippen molar-refractivity contribution in [3.63, 3.8) is 0 Å². The third-order valence-corrected chi connectivity index (χ3v) is 4.88. The van der Waals surface area contributed by atoms with E-state index in [1.54, 1.807) is 0 Å². The number of ether oxygens (including phenoxy) is 3. The number of hydrogen-bond acceptors (Lipinski definition) is 5. The van der Waals surface area contributed by atoms with Crippen LogP contribution in [0.15, 0.2) is 23.8 Å². The summed E-state index contributed by atoms with van der Waals surface area (Å²) in [5.41, 5.74) is 1.24. The van der Waals surface area contributed by atoms with Crippen LogP contribution in [-0.4, -0.2) is 35.9 Å². The molecule has 0 aromatic rings. The summed E-state index contributed by atoms with van der Waals surface area (Å²) in [5, 5.41) is 0. The zero-order valence-electron chi connectivity index (χ0n) is 13.3. The van der Waals surface area contributed by atoms with E-state index in [0.29, 0.717) is 12.0 Å². The molecule has 2 heterocycles. The van der Waals surface area contributed by atoms with E-state index < -0.39 is 18.2 Å². The van der Waals surface area contributed by atoms with Gasteiger partial charge in [-0.1, -0.05) is 18.2 Å². The van der Waals surface area contributed by atoms with E-state index in [1.807, 2.05) is 13.8 Å². The Morgan fingerprint density at radius 1 is 1.50 bits per heavy atom. The van der Waals surface area contributed by atoms with Crippen molar-refractivity contribution < 1.29 is 23.8 Å². The molecule has 0 bridgehead atoms. The van der Waals surface area contributed by atoms with Crippen LogP contribution < -0.4 is 0 Å². The van der Waals surface area contributed by atoms with Crippen LogP contribution in [0.4, 0.5) is 0 Å². The van der Waals surface area contributed by atoms with Crippen molar-refractivity contribution in [2.45, 2.75) is 63.9 Å². The highest BCUT2D eigenvalue weighted by atomic mass is 16.6. The lowest BCUT2D eigenvalue weighted by Crippen LogP contribution is -2.38. The molecule has 120 valence electrons. The van der Waals surface area contributed by atoms with Gasteiger partial charge in [-0.25, -0.2) is 4.79 Å². The smallest absolute Gasteiger partial charge is 0.334 e. The van der Waals surface area contributed by atoms with Gasteiger partial charge in [-0.15, -0.1) is 0 Å². The average molecular weight is 306 g/mol. The van der Waals surface area contributed by atoms with Gasteiger partial charge >= 0.3 is 11.9 Å². The lowest BCUT2D eigenvalue weighted by Gasteiger charge is -2.27. The normalized spacial score (nSPS) is 43.3. The molecule has 0 saturated carbocycles. The second-order valence-corrected chi connectivity index (χ2v) is 6.71. The molecule has 2 aliphatic heterocycles. The summed E-state index contributed by atoms with van der Waals surface area (Å²) in [6, 6.07) is 0. The number of hydrogen-bond donors (Lipinski definition) is 0. The lowest BCUT2D eigenvalue weighted by atomic mass is 9.82. The summed E-state index contributed by atoms with van der Waals surface area (Å²) >= 11 is 0. The van der Waals surface area contributed by atoms with Gasteiger partial charge in [0.1, 0.15) is 18.3 Å². The molecule has 0 spiro atoms. The molecular weight excluding hydrogens is 284 g/mol. The zero-order valence-corrected chi connectivity index (χ0v) is 13.3. The zero-order chi connectivity index (χ0) is 16.1. The van der Waals surface area contributed by atoms with Crippen LogP contribution in [0.2, 0.25) is 0 Å². The Hall–Kier alpha value is -1.62. The quantitative estimate of drug-likeness (QED) is 0.322. The molecule has 0 aromatic carbocycles. The maximum Gasteiger partial charge on any atom is 0.334 e. The molecule has 5 atom stereocenters. The minimum Gasteiger partial charge on any atom is -0.461 e. The molecular formula is C17H22O5. The van der Waals surface area contributed by atoms with Crippen molar-refractivity contribution in [3.05, 3.63) is 23.8 Å². The largest absolute Gasteiger partial charge is 0.461 e. The molecule has 0 radical (unpaired) electrons. The topological polar surface area (TPSA) is 65.1 Å². The van der Waals surface area contributed by atoms with Gasteiger partial charge in [-0.05, 0) is 26.7 Å². The Morgan fingerprint density at radius 2 is 2.23 bits per heavy atom. The number of rotatable bonds is 1. The van der Waals surface area contributed by atoms with Crippen LogP contribution in [-0.2, 0) is 23.8 Å². The van der Waals surface area contributed by atoms with Crippen LogP contribution in [0.3, 0.4) is 0 Å². The molecule has 2 fully saturated rings. The molecule has 5 heteroatoms. The number of allylic oxidation sites excluding steroid dienone is 1. The monoisotopic (exact) mass is 306 g/mol. The molecule has 1 aliphatic carbocycles. The van der Waals surface area contributed by atoms with E-state index in [1.165, 1.54) is 6.92 Å². The number of epoxide rings is 1. The molecule has 0 unspecified atom stereocenters. The summed E-state index contributed by atoms with van der Waals surface area (Å²) < 4.78 is 16.8. The average Bonchev–Trinajstić information content (AvgIpc) is 2.98. The molecule has 2 saturated heterocycles. The van der Waals surface area contributed by atoms with E-state index in [9.17, 15) is 9.59 Å². The van der Waals surface area contributed by atoms with Crippen LogP contribution >= 0.6 is 0 Å². The Morgan fingerprint density at radius 3 is 2.91 bits per heavy atom. The minimum atomic E-state index is -0.441. The Balaban J connectivity index is 1.96. The molecule has 0 aromatic heterocycles. The van der Waals surface area contributed by atoms with Gasteiger partial charge in [0.2, 0.25) is 0 Å². The molecule has 3 rings (SSSR count). The van der Waals surface area contributed by atoms with E-state index >= 15 is 0 Å². The first-order valence-electron chi connectivity index (χ1n) is 7.72. The van der Waals surface area contributed by atoms with Gasteiger partial charge in [0, 0.05) is 18.9 Å². The van der Waals surface area contributed by atoms with E-state index in [-0.39, 0.29) is 23.6 Å². The molecule has 3 aliphatic rings.